The summed E-state index contributed by atoms with van der Waals surface area (Å²) in [6, 6.07) is 11.3. The summed E-state index contributed by atoms with van der Waals surface area (Å²) in [5.41, 5.74) is 1.35. The number of piperidine rings is 1. The molecule has 1 saturated heterocycles. The van der Waals surface area contributed by atoms with Crippen LogP contribution in [0.3, 0.4) is 0 Å². The fraction of sp³-hybridized carbons (Fsp3) is 0.333. The lowest BCUT2D eigenvalue weighted by Gasteiger charge is -2.39. The molecule has 2 amide bonds. The highest BCUT2D eigenvalue weighted by molar-refractivity contribution is 6.36. The Hall–Kier alpha value is -2.94. The van der Waals surface area contributed by atoms with Gasteiger partial charge in [-0.2, -0.15) is 5.06 Å². The monoisotopic (exact) mass is 473 g/mol. The zero-order valence-corrected chi connectivity index (χ0v) is 19.4. The molecule has 2 aliphatic heterocycles. The van der Waals surface area contributed by atoms with Crippen molar-refractivity contribution in [2.24, 2.45) is 0 Å². The van der Waals surface area contributed by atoms with Crippen molar-refractivity contribution in [2.75, 3.05) is 34.3 Å². The summed E-state index contributed by atoms with van der Waals surface area (Å²) in [4.78, 5) is 32.5. The third-order valence-corrected chi connectivity index (χ3v) is 6.37. The Morgan fingerprint density at radius 2 is 1.76 bits per heavy atom. The molecular formula is C24H25ClFN3O4. The maximum absolute atomic E-state index is 13.4. The van der Waals surface area contributed by atoms with Gasteiger partial charge in [-0.1, -0.05) is 29.8 Å². The van der Waals surface area contributed by atoms with Gasteiger partial charge < -0.3 is 19.8 Å². The Kier molecular flexibility index (Phi) is 6.43. The number of benzene rings is 2. The van der Waals surface area contributed by atoms with E-state index in [4.69, 9.17) is 21.2 Å². The van der Waals surface area contributed by atoms with Gasteiger partial charge in [0, 0.05) is 37.8 Å². The summed E-state index contributed by atoms with van der Waals surface area (Å²) in [6.07, 6.45) is 0.418. The van der Waals surface area contributed by atoms with Gasteiger partial charge in [0.05, 0.1) is 12.7 Å². The zero-order valence-electron chi connectivity index (χ0n) is 18.7. The lowest BCUT2D eigenvalue weighted by Crippen LogP contribution is -2.53. The topological polar surface area (TPSA) is 71.1 Å². The van der Waals surface area contributed by atoms with E-state index in [0.29, 0.717) is 36.5 Å². The standard InChI is InChI=1S/C24H25ClFN3O4/c1-28(2)23(31)33-21-20(22(30)27-24(21)10-12-29(32-3)13-11-24)18-14-16(6-9-19(18)25)15-4-7-17(26)8-5-15/h4-9,14H,10-13H2,1-3H3,(H,27,30). The molecular weight excluding hydrogens is 449 g/mol. The minimum atomic E-state index is -0.845. The van der Waals surface area contributed by atoms with E-state index in [9.17, 15) is 14.0 Å². The van der Waals surface area contributed by atoms with Crippen LogP contribution >= 0.6 is 11.6 Å². The van der Waals surface area contributed by atoms with Crippen molar-refractivity contribution in [3.63, 3.8) is 0 Å². The molecule has 2 aromatic rings. The molecule has 0 aromatic heterocycles. The molecule has 0 radical (unpaired) electrons. The van der Waals surface area contributed by atoms with E-state index in [2.05, 4.69) is 5.32 Å². The number of carbonyl (C=O) groups is 2. The highest BCUT2D eigenvalue weighted by Crippen LogP contribution is 2.43. The molecule has 1 fully saturated rings. The van der Waals surface area contributed by atoms with Crippen molar-refractivity contribution in [3.8, 4) is 11.1 Å². The Morgan fingerprint density at radius 3 is 2.36 bits per heavy atom. The fourth-order valence-corrected chi connectivity index (χ4v) is 4.40. The summed E-state index contributed by atoms with van der Waals surface area (Å²) < 4.78 is 19.2. The number of hydrogen-bond acceptors (Lipinski definition) is 5. The highest BCUT2D eigenvalue weighted by atomic mass is 35.5. The van der Waals surface area contributed by atoms with Gasteiger partial charge in [-0.05, 0) is 48.2 Å². The maximum atomic E-state index is 13.4. The van der Waals surface area contributed by atoms with Crippen molar-refractivity contribution in [1.82, 2.24) is 15.3 Å². The number of hydroxylamine groups is 2. The number of halogens is 2. The Balaban J connectivity index is 1.83. The number of nitrogens with one attached hydrogen (secondary N) is 1. The molecule has 1 N–H and O–H groups in total. The van der Waals surface area contributed by atoms with Crippen LogP contribution in [-0.2, 0) is 14.4 Å². The third-order valence-electron chi connectivity index (χ3n) is 6.04. The number of nitrogens with zero attached hydrogens (tertiary/aromatic N) is 2. The molecule has 174 valence electrons. The summed E-state index contributed by atoms with van der Waals surface area (Å²) in [5, 5.41) is 5.19. The van der Waals surface area contributed by atoms with E-state index in [-0.39, 0.29) is 23.1 Å². The maximum Gasteiger partial charge on any atom is 0.414 e. The predicted octanol–water partition coefficient (Wildman–Crippen LogP) is 4.08. The summed E-state index contributed by atoms with van der Waals surface area (Å²) in [7, 11) is 4.75. The lowest BCUT2D eigenvalue weighted by atomic mass is 9.86. The van der Waals surface area contributed by atoms with Crippen LogP contribution in [0.25, 0.3) is 16.7 Å². The van der Waals surface area contributed by atoms with E-state index in [1.54, 1.807) is 56.6 Å². The van der Waals surface area contributed by atoms with E-state index in [1.165, 1.54) is 17.0 Å². The van der Waals surface area contributed by atoms with Gasteiger partial charge >= 0.3 is 6.09 Å². The summed E-state index contributed by atoms with van der Waals surface area (Å²) >= 11 is 6.54. The first-order valence-corrected chi connectivity index (χ1v) is 10.9. The first kappa shape index (κ1) is 23.2. The van der Waals surface area contributed by atoms with Crippen LogP contribution in [0.5, 0.6) is 0 Å². The molecule has 1 spiro atoms. The van der Waals surface area contributed by atoms with Crippen molar-refractivity contribution in [2.45, 2.75) is 18.4 Å². The van der Waals surface area contributed by atoms with E-state index in [0.717, 1.165) is 11.1 Å². The molecule has 0 atom stereocenters. The molecule has 2 aromatic carbocycles. The minimum Gasteiger partial charge on any atom is -0.411 e. The van der Waals surface area contributed by atoms with Crippen LogP contribution in [0.1, 0.15) is 18.4 Å². The second-order valence-corrected chi connectivity index (χ2v) is 8.72. The van der Waals surface area contributed by atoms with Crippen LogP contribution in [-0.4, -0.2) is 61.8 Å². The third kappa shape index (κ3) is 4.46. The normalized spacial score (nSPS) is 17.9. The number of amides is 2. The molecule has 4 rings (SSSR count). The van der Waals surface area contributed by atoms with Crippen LogP contribution < -0.4 is 5.32 Å². The Bertz CT molecular complexity index is 1110. The van der Waals surface area contributed by atoms with Gasteiger partial charge in [0.2, 0.25) is 0 Å². The van der Waals surface area contributed by atoms with Crippen LogP contribution in [0.15, 0.2) is 48.2 Å². The van der Waals surface area contributed by atoms with Crippen LogP contribution in [0.2, 0.25) is 5.02 Å². The molecule has 2 aliphatic rings. The SMILES string of the molecule is CON1CCC2(CC1)NC(=O)C(c1cc(-c3ccc(F)cc3)ccc1Cl)=C2OC(=O)N(C)C. The van der Waals surface area contributed by atoms with E-state index >= 15 is 0 Å². The first-order valence-electron chi connectivity index (χ1n) is 10.6. The van der Waals surface area contributed by atoms with Gasteiger partial charge in [-0.3, -0.25) is 4.79 Å². The summed E-state index contributed by atoms with van der Waals surface area (Å²) in [6.45, 7) is 1.10. The van der Waals surface area contributed by atoms with Gasteiger partial charge in [0.1, 0.15) is 17.1 Å². The number of ether oxygens (including phenoxy) is 1. The van der Waals surface area contributed by atoms with Gasteiger partial charge in [-0.15, -0.1) is 0 Å². The average Bonchev–Trinajstić information content (AvgIpc) is 3.05. The molecule has 0 saturated carbocycles. The molecule has 0 bridgehead atoms. The number of carbonyl (C=O) groups excluding carboxylic acids is 2. The smallest absolute Gasteiger partial charge is 0.411 e. The second-order valence-electron chi connectivity index (χ2n) is 8.32. The van der Waals surface area contributed by atoms with Crippen molar-refractivity contribution >= 4 is 29.2 Å². The minimum absolute atomic E-state index is 0.227. The predicted molar refractivity (Wildman–Crippen MR) is 123 cm³/mol. The van der Waals surface area contributed by atoms with E-state index in [1.807, 2.05) is 0 Å². The van der Waals surface area contributed by atoms with Crippen molar-refractivity contribution < 1.29 is 23.6 Å². The van der Waals surface area contributed by atoms with E-state index < -0.39 is 11.6 Å². The first-order chi connectivity index (χ1) is 15.7. The number of rotatable bonds is 4. The van der Waals surface area contributed by atoms with Gasteiger partial charge in [-0.25, -0.2) is 9.18 Å². The Labute approximate surface area is 196 Å². The zero-order chi connectivity index (χ0) is 23.8. The number of hydrogen-bond donors (Lipinski definition) is 1. The van der Waals surface area contributed by atoms with Crippen LogP contribution in [0, 0.1) is 5.82 Å². The van der Waals surface area contributed by atoms with Crippen LogP contribution in [0.4, 0.5) is 9.18 Å². The van der Waals surface area contributed by atoms with Crippen molar-refractivity contribution in [3.05, 3.63) is 64.6 Å². The second kappa shape index (κ2) is 9.13. The molecule has 0 aliphatic carbocycles. The molecule has 9 heteroatoms. The fourth-order valence-electron chi connectivity index (χ4n) is 4.19. The molecule has 7 nitrogen and oxygen atoms in total. The summed E-state index contributed by atoms with van der Waals surface area (Å²) in [5.74, 6) is -0.436. The highest BCUT2D eigenvalue weighted by Gasteiger charge is 2.50. The van der Waals surface area contributed by atoms with Gasteiger partial charge in [0.15, 0.2) is 0 Å². The molecule has 33 heavy (non-hydrogen) atoms. The Morgan fingerprint density at radius 1 is 1.12 bits per heavy atom. The van der Waals surface area contributed by atoms with Gasteiger partial charge in [0.25, 0.3) is 5.91 Å². The quantitative estimate of drug-likeness (QED) is 0.724. The molecule has 0 unspecified atom stereocenters. The largest absolute Gasteiger partial charge is 0.414 e. The van der Waals surface area contributed by atoms with Crippen molar-refractivity contribution in [1.29, 1.82) is 0 Å². The average molecular weight is 474 g/mol. The molecule has 2 heterocycles. The lowest BCUT2D eigenvalue weighted by molar-refractivity contribution is -0.152.